The quantitative estimate of drug-likeness (QED) is 0.866. The Labute approximate surface area is 119 Å². The first-order chi connectivity index (χ1) is 9.72. The molecule has 1 aliphatic carbocycles. The summed E-state index contributed by atoms with van der Waals surface area (Å²) in [7, 11) is 0. The van der Waals surface area contributed by atoms with Gasteiger partial charge >= 0.3 is 0 Å². The Kier molecular flexibility index (Phi) is 3.63. The molecule has 1 saturated carbocycles. The van der Waals surface area contributed by atoms with Crippen molar-refractivity contribution in [1.29, 1.82) is 0 Å². The van der Waals surface area contributed by atoms with Crippen LogP contribution in [0.15, 0.2) is 30.5 Å². The molecule has 0 unspecified atom stereocenters. The fraction of sp³-hybridized carbons (Fsp3) is 0.438. The van der Waals surface area contributed by atoms with Crippen LogP contribution < -0.4 is 10.5 Å². The number of hydrogen-bond acceptors (Lipinski definition) is 3. The van der Waals surface area contributed by atoms with E-state index in [9.17, 15) is 0 Å². The van der Waals surface area contributed by atoms with Gasteiger partial charge in [0.1, 0.15) is 12.4 Å². The van der Waals surface area contributed by atoms with Crippen molar-refractivity contribution in [1.82, 2.24) is 9.78 Å². The SMILES string of the molecule is Cc1ccc(N)cc1OCc1ccn(C2CCCC2)n1. The van der Waals surface area contributed by atoms with Gasteiger partial charge < -0.3 is 10.5 Å². The van der Waals surface area contributed by atoms with Gasteiger partial charge in [-0.1, -0.05) is 18.9 Å². The molecule has 4 heteroatoms. The summed E-state index contributed by atoms with van der Waals surface area (Å²) in [6.07, 6.45) is 7.20. The number of benzene rings is 1. The summed E-state index contributed by atoms with van der Waals surface area (Å²) in [6, 6.07) is 8.35. The Hall–Kier alpha value is -1.97. The van der Waals surface area contributed by atoms with Crippen molar-refractivity contribution >= 4 is 5.69 Å². The summed E-state index contributed by atoms with van der Waals surface area (Å²) in [4.78, 5) is 0. The Bertz CT molecular complexity index is 585. The molecule has 1 fully saturated rings. The van der Waals surface area contributed by atoms with Gasteiger partial charge in [-0.2, -0.15) is 5.10 Å². The van der Waals surface area contributed by atoms with Crippen LogP contribution in [0.25, 0.3) is 0 Å². The molecule has 2 N–H and O–H groups in total. The second-order valence-corrected chi connectivity index (χ2v) is 5.54. The van der Waals surface area contributed by atoms with Crippen molar-refractivity contribution in [2.45, 2.75) is 45.3 Å². The van der Waals surface area contributed by atoms with E-state index in [4.69, 9.17) is 10.5 Å². The van der Waals surface area contributed by atoms with E-state index in [2.05, 4.69) is 16.0 Å². The third-order valence-corrected chi connectivity index (χ3v) is 3.95. The van der Waals surface area contributed by atoms with Crippen LogP contribution in [0.1, 0.15) is 43.0 Å². The number of rotatable bonds is 4. The molecule has 0 amide bonds. The van der Waals surface area contributed by atoms with E-state index in [-0.39, 0.29) is 0 Å². The lowest BCUT2D eigenvalue weighted by Gasteiger charge is -2.10. The first-order valence-corrected chi connectivity index (χ1v) is 7.25. The highest BCUT2D eigenvalue weighted by atomic mass is 16.5. The van der Waals surface area contributed by atoms with Crippen LogP contribution in [-0.2, 0) is 6.61 Å². The van der Waals surface area contributed by atoms with Crippen molar-refractivity contribution in [2.75, 3.05) is 5.73 Å². The molecule has 20 heavy (non-hydrogen) atoms. The van der Waals surface area contributed by atoms with Crippen molar-refractivity contribution in [3.63, 3.8) is 0 Å². The third kappa shape index (κ3) is 2.79. The van der Waals surface area contributed by atoms with Crippen molar-refractivity contribution in [2.24, 2.45) is 0 Å². The number of hydrogen-bond donors (Lipinski definition) is 1. The predicted molar refractivity (Wildman–Crippen MR) is 79.7 cm³/mol. The fourth-order valence-corrected chi connectivity index (χ4v) is 2.75. The molecule has 0 saturated heterocycles. The lowest BCUT2D eigenvalue weighted by atomic mass is 10.2. The van der Waals surface area contributed by atoms with Crippen LogP contribution in [0.5, 0.6) is 5.75 Å². The third-order valence-electron chi connectivity index (χ3n) is 3.95. The molecule has 3 rings (SSSR count). The molecule has 0 aliphatic heterocycles. The minimum absolute atomic E-state index is 0.490. The van der Waals surface area contributed by atoms with Crippen LogP contribution >= 0.6 is 0 Å². The highest BCUT2D eigenvalue weighted by molar-refractivity contribution is 5.47. The van der Waals surface area contributed by atoms with Gasteiger partial charge in [0.2, 0.25) is 0 Å². The number of nitrogens with zero attached hydrogens (tertiary/aromatic N) is 2. The van der Waals surface area contributed by atoms with E-state index in [1.54, 1.807) is 0 Å². The van der Waals surface area contributed by atoms with Crippen molar-refractivity contribution < 1.29 is 4.74 Å². The van der Waals surface area contributed by atoms with E-state index >= 15 is 0 Å². The molecule has 2 aromatic rings. The summed E-state index contributed by atoms with van der Waals surface area (Å²) in [5.41, 5.74) is 8.57. The van der Waals surface area contributed by atoms with Gasteiger partial charge in [-0.05, 0) is 37.5 Å². The lowest BCUT2D eigenvalue weighted by Crippen LogP contribution is -2.06. The Morgan fingerprint density at radius 1 is 1.30 bits per heavy atom. The maximum atomic E-state index is 5.82. The molecule has 1 heterocycles. The molecule has 1 aromatic heterocycles. The first kappa shape index (κ1) is 13.0. The summed E-state index contributed by atoms with van der Waals surface area (Å²) in [6.45, 7) is 2.51. The maximum Gasteiger partial charge on any atom is 0.132 e. The maximum absolute atomic E-state index is 5.82. The lowest BCUT2D eigenvalue weighted by molar-refractivity contribution is 0.296. The molecule has 4 nitrogen and oxygen atoms in total. The summed E-state index contributed by atoms with van der Waals surface area (Å²) in [5, 5.41) is 4.62. The number of ether oxygens (including phenoxy) is 1. The fourth-order valence-electron chi connectivity index (χ4n) is 2.75. The molecule has 0 radical (unpaired) electrons. The zero-order valence-electron chi connectivity index (χ0n) is 11.9. The standard InChI is InChI=1S/C16H21N3O/c1-12-6-7-13(17)10-16(12)20-11-14-8-9-19(18-14)15-4-2-3-5-15/h6-10,15H,2-5,11,17H2,1H3. The number of aromatic nitrogens is 2. The topological polar surface area (TPSA) is 53.1 Å². The van der Waals surface area contributed by atoms with Gasteiger partial charge in [0.25, 0.3) is 0 Å². The average molecular weight is 271 g/mol. The van der Waals surface area contributed by atoms with Crippen molar-refractivity contribution in [3.05, 3.63) is 41.7 Å². The van der Waals surface area contributed by atoms with Gasteiger partial charge in [-0.15, -0.1) is 0 Å². The zero-order valence-corrected chi connectivity index (χ0v) is 11.9. The Morgan fingerprint density at radius 3 is 2.90 bits per heavy atom. The highest BCUT2D eigenvalue weighted by Gasteiger charge is 2.17. The van der Waals surface area contributed by atoms with E-state index in [0.717, 1.165) is 22.7 Å². The predicted octanol–water partition coefficient (Wildman–Crippen LogP) is 3.47. The van der Waals surface area contributed by atoms with Crippen molar-refractivity contribution in [3.8, 4) is 5.75 Å². The Balaban J connectivity index is 1.64. The van der Waals surface area contributed by atoms with Gasteiger partial charge in [-0.3, -0.25) is 4.68 Å². The van der Waals surface area contributed by atoms with Crippen LogP contribution in [0.4, 0.5) is 5.69 Å². The monoisotopic (exact) mass is 271 g/mol. The summed E-state index contributed by atoms with van der Waals surface area (Å²) >= 11 is 0. The molecule has 0 spiro atoms. The minimum atomic E-state index is 0.490. The molecule has 0 bridgehead atoms. The first-order valence-electron chi connectivity index (χ1n) is 7.25. The van der Waals surface area contributed by atoms with Gasteiger partial charge in [-0.25, -0.2) is 0 Å². The van der Waals surface area contributed by atoms with E-state index in [1.165, 1.54) is 25.7 Å². The van der Waals surface area contributed by atoms with E-state index in [1.807, 2.05) is 31.2 Å². The second kappa shape index (κ2) is 5.57. The molecule has 1 aliphatic rings. The Morgan fingerprint density at radius 2 is 2.10 bits per heavy atom. The molecule has 106 valence electrons. The average Bonchev–Trinajstić information content (AvgIpc) is 3.09. The van der Waals surface area contributed by atoms with Gasteiger partial charge in [0.05, 0.1) is 11.7 Å². The summed E-state index contributed by atoms with van der Waals surface area (Å²) < 4.78 is 7.92. The molecule has 0 atom stereocenters. The molecular weight excluding hydrogens is 250 g/mol. The number of nitrogen functional groups attached to an aromatic ring is 1. The number of nitrogens with two attached hydrogens (primary N) is 1. The largest absolute Gasteiger partial charge is 0.487 e. The molecule has 1 aromatic carbocycles. The highest BCUT2D eigenvalue weighted by Crippen LogP contribution is 2.29. The van der Waals surface area contributed by atoms with E-state index < -0.39 is 0 Å². The number of aryl methyl sites for hydroxylation is 1. The minimum Gasteiger partial charge on any atom is -0.487 e. The summed E-state index contributed by atoms with van der Waals surface area (Å²) in [5.74, 6) is 0.834. The van der Waals surface area contributed by atoms with Crippen LogP contribution in [-0.4, -0.2) is 9.78 Å². The normalized spacial score (nSPS) is 15.7. The van der Waals surface area contributed by atoms with Gasteiger partial charge in [0.15, 0.2) is 0 Å². The van der Waals surface area contributed by atoms with Crippen LogP contribution in [0, 0.1) is 6.92 Å². The van der Waals surface area contributed by atoms with Crippen LogP contribution in [0.2, 0.25) is 0 Å². The second-order valence-electron chi connectivity index (χ2n) is 5.54. The number of anilines is 1. The van der Waals surface area contributed by atoms with Crippen LogP contribution in [0.3, 0.4) is 0 Å². The smallest absolute Gasteiger partial charge is 0.132 e. The zero-order chi connectivity index (χ0) is 13.9. The molecular formula is C16H21N3O. The van der Waals surface area contributed by atoms with Gasteiger partial charge in [0, 0.05) is 18.0 Å². The van der Waals surface area contributed by atoms with E-state index in [0.29, 0.717) is 12.6 Å².